The zero-order valence-electron chi connectivity index (χ0n) is 6.74. The van der Waals surface area contributed by atoms with Crippen molar-refractivity contribution in [3.05, 3.63) is 18.2 Å². The number of phenolic OH excluding ortho intramolecular Hbond substituents is 1. The number of benzene rings is 1. The van der Waals surface area contributed by atoms with E-state index in [9.17, 15) is 5.11 Å². The number of hydroxylamine groups is 1. The van der Waals surface area contributed by atoms with E-state index in [-0.39, 0.29) is 5.75 Å². The molecule has 1 aromatic carbocycles. The molecule has 4 heteroatoms. The quantitative estimate of drug-likeness (QED) is 0.656. The minimum absolute atomic E-state index is 0.236. The fourth-order valence-electron chi connectivity index (χ4n) is 1.33. The number of phenols is 1. The number of fused-ring (bicyclic) bond motifs is 1. The third-order valence-electron chi connectivity index (χ3n) is 1.90. The van der Waals surface area contributed by atoms with Crippen molar-refractivity contribution < 1.29 is 9.94 Å². The summed E-state index contributed by atoms with van der Waals surface area (Å²) in [6.45, 7) is 0.573. The average Bonchev–Trinajstić information content (AvgIpc) is 2.49. The van der Waals surface area contributed by atoms with Gasteiger partial charge in [0.15, 0.2) is 0 Å². The van der Waals surface area contributed by atoms with Gasteiger partial charge in [0.25, 0.3) is 0 Å². The summed E-state index contributed by atoms with van der Waals surface area (Å²) in [7, 11) is 1.57. The minimum Gasteiger partial charge on any atom is -0.506 e. The van der Waals surface area contributed by atoms with Crippen LogP contribution in [0.2, 0.25) is 0 Å². The van der Waals surface area contributed by atoms with Crippen LogP contribution in [0.1, 0.15) is 0 Å². The highest BCUT2D eigenvalue weighted by molar-refractivity contribution is 5.79. The van der Waals surface area contributed by atoms with Crippen molar-refractivity contribution in [1.82, 2.24) is 0 Å². The molecular formula is C8H10N2O2. The molecule has 1 aliphatic heterocycles. The van der Waals surface area contributed by atoms with Gasteiger partial charge in [-0.25, -0.2) is 5.06 Å². The lowest BCUT2D eigenvalue weighted by Gasteiger charge is -2.14. The lowest BCUT2D eigenvalue weighted by molar-refractivity contribution is 0.175. The van der Waals surface area contributed by atoms with E-state index in [2.05, 4.69) is 5.32 Å². The van der Waals surface area contributed by atoms with Crippen molar-refractivity contribution in [1.29, 1.82) is 0 Å². The number of anilines is 2. The maximum atomic E-state index is 9.47. The lowest BCUT2D eigenvalue weighted by atomic mass is 10.2. The predicted molar refractivity (Wildman–Crippen MR) is 46.1 cm³/mol. The molecule has 2 rings (SSSR count). The standard InChI is InChI=1S/C8H10N2O2/c1-12-10-5-9-6-3-2-4-7(11)8(6)10/h2-4,9,11H,5H2,1H3. The maximum Gasteiger partial charge on any atom is 0.143 e. The zero-order chi connectivity index (χ0) is 8.55. The molecule has 0 amide bonds. The van der Waals surface area contributed by atoms with Crippen LogP contribution in [0, 0.1) is 0 Å². The largest absolute Gasteiger partial charge is 0.506 e. The van der Waals surface area contributed by atoms with E-state index in [1.54, 1.807) is 24.3 Å². The van der Waals surface area contributed by atoms with Gasteiger partial charge >= 0.3 is 0 Å². The first-order chi connectivity index (χ1) is 5.83. The van der Waals surface area contributed by atoms with Crippen LogP contribution in [-0.4, -0.2) is 18.9 Å². The average molecular weight is 166 g/mol. The molecule has 64 valence electrons. The summed E-state index contributed by atoms with van der Waals surface area (Å²) in [5.41, 5.74) is 1.61. The van der Waals surface area contributed by atoms with Gasteiger partial charge in [0.1, 0.15) is 18.1 Å². The Balaban J connectivity index is 2.48. The Labute approximate surface area is 70.3 Å². The highest BCUT2D eigenvalue weighted by Crippen LogP contribution is 2.38. The maximum absolute atomic E-state index is 9.47. The van der Waals surface area contributed by atoms with Gasteiger partial charge in [-0.2, -0.15) is 0 Å². The first kappa shape index (κ1) is 7.24. The van der Waals surface area contributed by atoms with Gasteiger partial charge in [-0.15, -0.1) is 0 Å². The van der Waals surface area contributed by atoms with Crippen LogP contribution < -0.4 is 10.4 Å². The van der Waals surface area contributed by atoms with Crippen LogP contribution in [0.4, 0.5) is 11.4 Å². The Kier molecular flexibility index (Phi) is 1.55. The summed E-state index contributed by atoms with van der Waals surface area (Å²) in [6, 6.07) is 5.33. The molecule has 12 heavy (non-hydrogen) atoms. The van der Waals surface area contributed by atoms with E-state index in [4.69, 9.17) is 4.84 Å². The highest BCUT2D eigenvalue weighted by Gasteiger charge is 2.21. The monoisotopic (exact) mass is 166 g/mol. The summed E-state index contributed by atoms with van der Waals surface area (Å²) >= 11 is 0. The SMILES string of the molecule is CON1CNc2cccc(O)c21. The summed E-state index contributed by atoms with van der Waals surface area (Å²) in [5, 5.41) is 14.2. The van der Waals surface area contributed by atoms with Gasteiger partial charge in [0, 0.05) is 0 Å². The summed E-state index contributed by atoms with van der Waals surface area (Å²) in [4.78, 5) is 5.03. The van der Waals surface area contributed by atoms with Crippen molar-refractivity contribution in [3.63, 3.8) is 0 Å². The van der Waals surface area contributed by atoms with Gasteiger partial charge in [-0.05, 0) is 12.1 Å². The zero-order valence-corrected chi connectivity index (χ0v) is 6.74. The van der Waals surface area contributed by atoms with E-state index in [1.807, 2.05) is 6.07 Å². The summed E-state index contributed by atoms with van der Waals surface area (Å²) < 4.78 is 0. The van der Waals surface area contributed by atoms with Crippen LogP contribution >= 0.6 is 0 Å². The van der Waals surface area contributed by atoms with E-state index < -0.39 is 0 Å². The van der Waals surface area contributed by atoms with Gasteiger partial charge in [0.2, 0.25) is 0 Å². The second-order valence-electron chi connectivity index (χ2n) is 2.57. The second-order valence-corrected chi connectivity index (χ2v) is 2.57. The number of para-hydroxylation sites is 1. The Morgan fingerprint density at radius 1 is 1.58 bits per heavy atom. The van der Waals surface area contributed by atoms with E-state index >= 15 is 0 Å². The number of rotatable bonds is 1. The van der Waals surface area contributed by atoms with E-state index in [1.165, 1.54) is 0 Å². The number of nitrogens with zero attached hydrogens (tertiary/aromatic N) is 1. The number of hydrogen-bond acceptors (Lipinski definition) is 4. The van der Waals surface area contributed by atoms with Crippen molar-refractivity contribution in [2.75, 3.05) is 24.2 Å². The highest BCUT2D eigenvalue weighted by atomic mass is 16.7. The molecule has 0 aromatic heterocycles. The summed E-state index contributed by atoms with van der Waals surface area (Å²) in [5.74, 6) is 0.236. The van der Waals surface area contributed by atoms with Crippen molar-refractivity contribution in [3.8, 4) is 5.75 Å². The Hall–Kier alpha value is -1.42. The van der Waals surface area contributed by atoms with Crippen LogP contribution in [-0.2, 0) is 4.84 Å². The Morgan fingerprint density at radius 2 is 2.42 bits per heavy atom. The topological polar surface area (TPSA) is 44.7 Å². The number of hydrogen-bond donors (Lipinski definition) is 2. The van der Waals surface area contributed by atoms with Gasteiger partial charge in [-0.1, -0.05) is 6.07 Å². The van der Waals surface area contributed by atoms with Crippen LogP contribution in [0.3, 0.4) is 0 Å². The van der Waals surface area contributed by atoms with Crippen LogP contribution in [0.25, 0.3) is 0 Å². The van der Waals surface area contributed by atoms with Gasteiger partial charge in [-0.3, -0.25) is 4.84 Å². The molecule has 0 spiro atoms. The van der Waals surface area contributed by atoms with Crippen molar-refractivity contribution in [2.45, 2.75) is 0 Å². The van der Waals surface area contributed by atoms with Gasteiger partial charge < -0.3 is 10.4 Å². The molecule has 0 aliphatic carbocycles. The molecule has 1 heterocycles. The van der Waals surface area contributed by atoms with Crippen molar-refractivity contribution >= 4 is 11.4 Å². The fraction of sp³-hybridized carbons (Fsp3) is 0.250. The Morgan fingerprint density at radius 3 is 3.17 bits per heavy atom. The lowest BCUT2D eigenvalue weighted by Crippen LogP contribution is -2.20. The smallest absolute Gasteiger partial charge is 0.143 e. The normalized spacial score (nSPS) is 14.2. The van der Waals surface area contributed by atoms with E-state index in [0.29, 0.717) is 12.4 Å². The first-order valence-corrected chi connectivity index (χ1v) is 3.70. The Bertz CT molecular complexity index is 301. The molecule has 0 fully saturated rings. The van der Waals surface area contributed by atoms with Crippen molar-refractivity contribution in [2.24, 2.45) is 0 Å². The van der Waals surface area contributed by atoms with Crippen LogP contribution in [0.5, 0.6) is 5.75 Å². The van der Waals surface area contributed by atoms with Gasteiger partial charge in [0.05, 0.1) is 12.8 Å². The molecule has 0 unspecified atom stereocenters. The molecule has 0 radical (unpaired) electrons. The molecule has 4 nitrogen and oxygen atoms in total. The molecule has 0 saturated carbocycles. The predicted octanol–water partition coefficient (Wildman–Crippen LogP) is 1.14. The number of nitrogens with one attached hydrogen (secondary N) is 1. The molecule has 2 N–H and O–H groups in total. The molecule has 1 aliphatic rings. The molecule has 0 saturated heterocycles. The first-order valence-electron chi connectivity index (χ1n) is 3.70. The molecule has 1 aromatic rings. The second kappa shape index (κ2) is 2.57. The molecule has 0 atom stereocenters. The third-order valence-corrected chi connectivity index (χ3v) is 1.90. The van der Waals surface area contributed by atoms with Crippen LogP contribution in [0.15, 0.2) is 18.2 Å². The van der Waals surface area contributed by atoms with E-state index in [0.717, 1.165) is 5.69 Å². The number of aromatic hydroxyl groups is 1. The third kappa shape index (κ3) is 0.887. The fourth-order valence-corrected chi connectivity index (χ4v) is 1.33. The molecule has 0 bridgehead atoms. The summed E-state index contributed by atoms with van der Waals surface area (Å²) in [6.07, 6.45) is 0. The molecular weight excluding hydrogens is 156 g/mol. The minimum atomic E-state index is 0.236.